The minimum Gasteiger partial charge on any atom is -0.294 e. The van der Waals surface area contributed by atoms with Gasteiger partial charge in [-0.15, -0.1) is 19.7 Å². The Labute approximate surface area is 192 Å². The largest absolute Gasteiger partial charge is 0.359 e. The van der Waals surface area contributed by atoms with Crippen molar-refractivity contribution in [2.75, 3.05) is 5.32 Å². The van der Waals surface area contributed by atoms with Gasteiger partial charge in [0.1, 0.15) is 6.04 Å². The van der Waals surface area contributed by atoms with Gasteiger partial charge in [0.15, 0.2) is 5.78 Å². The Morgan fingerprint density at radius 1 is 1.12 bits per heavy atom. The molecule has 3 heterocycles. The topological polar surface area (TPSA) is 155 Å². The zero-order chi connectivity index (χ0) is 24.1. The molecule has 3 aromatic rings. The number of rotatable bonds is 1. The minimum atomic E-state index is -4.94. The highest BCUT2D eigenvalue weighted by atomic mass is 35.7. The fourth-order valence-corrected chi connectivity index (χ4v) is 4.58. The molecule has 0 amide bonds. The smallest absolute Gasteiger partial charge is 0.294 e. The third-order valence-corrected chi connectivity index (χ3v) is 5.69. The molecule has 1 atom stereocenters. The fourth-order valence-electron chi connectivity index (χ4n) is 4.58. The minimum absolute atomic E-state index is 0.0593. The van der Waals surface area contributed by atoms with Gasteiger partial charge in [-0.2, -0.15) is 4.57 Å². The number of nitrogens with one attached hydrogen (secondary N) is 1. The molecule has 0 radical (unpaired) electrons. The lowest BCUT2D eigenvalue weighted by atomic mass is 9.73. The lowest BCUT2D eigenvalue weighted by Gasteiger charge is -2.36. The van der Waals surface area contributed by atoms with Crippen LogP contribution in [0.15, 0.2) is 47.7 Å². The summed E-state index contributed by atoms with van der Waals surface area (Å²) in [6, 6.07) is 12.0. The molecule has 0 bridgehead atoms. The molecule has 11 heteroatoms. The van der Waals surface area contributed by atoms with Crippen LogP contribution in [-0.2, 0) is 4.79 Å². The molecule has 1 aliphatic carbocycles. The van der Waals surface area contributed by atoms with Gasteiger partial charge >= 0.3 is 11.7 Å². The maximum atomic E-state index is 13.3. The monoisotopic (exact) mass is 473 g/mol. The Kier molecular flexibility index (Phi) is 5.75. The van der Waals surface area contributed by atoms with Crippen LogP contribution in [0, 0.1) is 29.5 Å². The van der Waals surface area contributed by atoms with Gasteiger partial charge in [0.25, 0.3) is 0 Å². The molecule has 33 heavy (non-hydrogen) atoms. The number of anilines is 1. The zero-order valence-corrected chi connectivity index (χ0v) is 19.4. The first kappa shape index (κ1) is 23.3. The first-order valence-corrected chi connectivity index (χ1v) is 11.6. The van der Waals surface area contributed by atoms with Crippen molar-refractivity contribution in [3.05, 3.63) is 64.6 Å². The summed E-state index contributed by atoms with van der Waals surface area (Å²) in [5.74, 6) is 1.69. The van der Waals surface area contributed by atoms with Gasteiger partial charge in [0.2, 0.25) is 0 Å². The van der Waals surface area contributed by atoms with Crippen molar-refractivity contribution in [1.82, 2.24) is 14.6 Å². The summed E-state index contributed by atoms with van der Waals surface area (Å²) in [4.78, 5) is 18.0. The molecule has 5 rings (SSSR count). The van der Waals surface area contributed by atoms with E-state index in [0.29, 0.717) is 6.42 Å². The number of carbonyl (C=O) groups excluding carboxylic acids is 1. The number of Topliss-reactive ketones (excluding diaryl/α,β-unsaturated/α-hetero) is 1. The summed E-state index contributed by atoms with van der Waals surface area (Å²) in [6.45, 7) is 8.31. The van der Waals surface area contributed by atoms with Gasteiger partial charge in [-0.05, 0) is 24.8 Å². The molecule has 2 aliphatic rings. The van der Waals surface area contributed by atoms with Crippen LogP contribution < -0.4 is 28.5 Å². The summed E-state index contributed by atoms with van der Waals surface area (Å²) in [6.07, 6.45) is 1.38. The number of halogens is 1. The van der Waals surface area contributed by atoms with Crippen molar-refractivity contribution in [2.45, 2.75) is 46.6 Å². The van der Waals surface area contributed by atoms with E-state index in [2.05, 4.69) is 35.9 Å². The summed E-state index contributed by atoms with van der Waals surface area (Å²) >= 11 is 0. The summed E-state index contributed by atoms with van der Waals surface area (Å²) < 4.78 is 37.9. The number of fused-ring (bicyclic) bond motifs is 3. The molecule has 0 unspecified atom stereocenters. The van der Waals surface area contributed by atoms with Gasteiger partial charge in [-0.3, -0.25) is 10.1 Å². The number of aromatic nitrogens is 4. The SMILES string of the molecule is Cc1cc(C)n2nc3[n+](c2n1)[C@H](c1ccccc1)C1=C(CC(C)(C)CC1=O)N3.[O-][Cl+3]([O-])([O-])[O-]. The molecule has 0 spiro atoms. The van der Waals surface area contributed by atoms with Crippen molar-refractivity contribution >= 4 is 17.5 Å². The van der Waals surface area contributed by atoms with Crippen LogP contribution in [0.25, 0.3) is 5.78 Å². The highest BCUT2D eigenvalue weighted by Gasteiger charge is 2.45. The van der Waals surface area contributed by atoms with Crippen LogP contribution in [0.4, 0.5) is 5.95 Å². The van der Waals surface area contributed by atoms with Crippen LogP contribution in [0.2, 0.25) is 0 Å². The van der Waals surface area contributed by atoms with Crippen LogP contribution >= 0.6 is 0 Å². The molecule has 0 saturated heterocycles. The number of benzene rings is 1. The molecule has 0 saturated carbocycles. The highest BCUT2D eigenvalue weighted by molar-refractivity contribution is 5.99. The average molecular weight is 474 g/mol. The predicted molar refractivity (Wildman–Crippen MR) is 106 cm³/mol. The maximum Gasteiger partial charge on any atom is 0.359 e. The van der Waals surface area contributed by atoms with E-state index in [0.717, 1.165) is 46.4 Å². The number of nitrogens with zero attached hydrogens (tertiary/aromatic N) is 4. The van der Waals surface area contributed by atoms with Gasteiger partial charge < -0.3 is 0 Å². The number of allylic oxidation sites excluding steroid dienone is 2. The van der Waals surface area contributed by atoms with Crippen molar-refractivity contribution in [1.29, 1.82) is 0 Å². The number of aryl methyl sites for hydroxylation is 2. The molecule has 0 fully saturated rings. The lowest BCUT2D eigenvalue weighted by molar-refractivity contribution is -2.00. The average Bonchev–Trinajstić information content (AvgIpc) is 3.03. The standard InChI is InChI=1S/C22H23N5O.ClHO4/c1-13-10-14(2)27-21(23-13)26-19(15-8-6-5-7-9-15)18-16(24-20(26)25-27)11-22(3,4)12-17(18)28;2-1(3,4)5/h5-10,19H,11-12H2,1-4H3;(H,2,3,4,5)/t19-;/m1./s1. The van der Waals surface area contributed by atoms with E-state index in [4.69, 9.17) is 28.7 Å². The van der Waals surface area contributed by atoms with Crippen molar-refractivity contribution in [3.8, 4) is 0 Å². The van der Waals surface area contributed by atoms with E-state index in [-0.39, 0.29) is 17.2 Å². The third-order valence-electron chi connectivity index (χ3n) is 5.69. The van der Waals surface area contributed by atoms with E-state index >= 15 is 0 Å². The Bertz CT molecular complexity index is 1260. The highest BCUT2D eigenvalue weighted by Crippen LogP contribution is 2.43. The second-order valence-electron chi connectivity index (χ2n) is 9.09. The fraction of sp³-hybridized carbons (Fsp3) is 0.364. The van der Waals surface area contributed by atoms with Crippen LogP contribution in [0.3, 0.4) is 0 Å². The molecule has 1 N–H and O–H groups in total. The van der Waals surface area contributed by atoms with E-state index in [9.17, 15) is 4.79 Å². The first-order chi connectivity index (χ1) is 15.3. The number of ketones is 1. The van der Waals surface area contributed by atoms with E-state index in [1.165, 1.54) is 0 Å². The molecule has 10 nitrogen and oxygen atoms in total. The Hall–Kier alpha value is -2.89. The van der Waals surface area contributed by atoms with Gasteiger partial charge in [0.05, 0.1) is 22.7 Å². The van der Waals surface area contributed by atoms with Gasteiger partial charge in [-0.1, -0.05) is 44.2 Å². The third kappa shape index (κ3) is 4.75. The Morgan fingerprint density at radius 2 is 1.76 bits per heavy atom. The maximum absolute atomic E-state index is 13.3. The molecule has 1 aromatic carbocycles. The zero-order valence-electron chi connectivity index (χ0n) is 18.7. The van der Waals surface area contributed by atoms with Gasteiger partial charge in [-0.25, -0.2) is 18.6 Å². The Morgan fingerprint density at radius 3 is 2.39 bits per heavy atom. The Balaban J connectivity index is 0.000000471. The summed E-state index contributed by atoms with van der Waals surface area (Å²) in [5, 5.41) is 8.26. The molecule has 174 valence electrons. The quantitative estimate of drug-likeness (QED) is 0.420. The number of hydrogen-bond acceptors (Lipinski definition) is 8. The van der Waals surface area contributed by atoms with E-state index in [1.807, 2.05) is 42.6 Å². The molecule has 1 aliphatic heterocycles. The van der Waals surface area contributed by atoms with Crippen molar-refractivity contribution in [2.24, 2.45) is 5.41 Å². The number of hydrogen-bond donors (Lipinski definition) is 1. The van der Waals surface area contributed by atoms with Crippen LogP contribution in [0.1, 0.15) is 49.7 Å². The van der Waals surface area contributed by atoms with Crippen molar-refractivity contribution in [3.63, 3.8) is 0 Å². The predicted octanol–water partition coefficient (Wildman–Crippen LogP) is -1.46. The number of carbonyl (C=O) groups is 1. The normalized spacial score (nSPS) is 19.4. The van der Waals surface area contributed by atoms with Crippen molar-refractivity contribution < 1.29 is 38.2 Å². The molecular formula is C22H24ClN5O5. The van der Waals surface area contributed by atoms with E-state index in [1.54, 1.807) is 0 Å². The van der Waals surface area contributed by atoms with Crippen LogP contribution in [-0.4, -0.2) is 20.4 Å². The van der Waals surface area contributed by atoms with Gasteiger partial charge in [0, 0.05) is 24.0 Å². The second-order valence-corrected chi connectivity index (χ2v) is 9.85. The lowest BCUT2D eigenvalue weighted by Crippen LogP contribution is -2.68. The first-order valence-electron chi connectivity index (χ1n) is 10.3. The molecule has 2 aromatic heterocycles. The van der Waals surface area contributed by atoms with Crippen LogP contribution in [0.5, 0.6) is 0 Å². The van der Waals surface area contributed by atoms with E-state index < -0.39 is 10.2 Å². The molecular weight excluding hydrogens is 450 g/mol. The summed E-state index contributed by atoms with van der Waals surface area (Å²) in [7, 11) is -4.94. The summed E-state index contributed by atoms with van der Waals surface area (Å²) in [5.41, 5.74) is 4.81. The second kappa shape index (κ2) is 8.15.